The normalized spacial score (nSPS) is 24.2. The topological polar surface area (TPSA) is 51.8 Å². The molecule has 3 nitrogen and oxygen atoms in total. The molecule has 0 aromatic carbocycles. The first-order valence-electron chi connectivity index (χ1n) is 6.47. The number of aromatic nitrogens is 2. The Labute approximate surface area is 130 Å². The van der Waals surface area contributed by atoms with Crippen molar-refractivity contribution in [3.05, 3.63) is 45.3 Å². The number of nitrogens with zero attached hydrogens (tertiary/aromatic N) is 2. The van der Waals surface area contributed by atoms with Crippen LogP contribution in [0.2, 0.25) is 0 Å². The molecule has 4 heterocycles. The van der Waals surface area contributed by atoms with E-state index in [0.29, 0.717) is 17.0 Å². The van der Waals surface area contributed by atoms with E-state index < -0.39 is 0 Å². The van der Waals surface area contributed by atoms with Crippen LogP contribution in [0.1, 0.15) is 33.9 Å². The van der Waals surface area contributed by atoms with Gasteiger partial charge in [-0.05, 0) is 23.3 Å². The molecule has 0 saturated heterocycles. The molecule has 2 unspecified atom stereocenters. The van der Waals surface area contributed by atoms with Crippen LogP contribution in [0.25, 0.3) is 0 Å². The van der Waals surface area contributed by atoms with Crippen LogP contribution in [-0.2, 0) is 0 Å². The summed E-state index contributed by atoms with van der Waals surface area (Å²) >= 11 is 5.37. The van der Waals surface area contributed by atoms with E-state index >= 15 is 0 Å². The Hall–Kier alpha value is -0.980. The number of fused-ring (bicyclic) bond motifs is 1. The van der Waals surface area contributed by atoms with Crippen molar-refractivity contribution in [2.75, 3.05) is 11.5 Å². The number of allylic oxidation sites excluding steroid dienone is 1. The average Bonchev–Trinajstić information content (AvgIpc) is 3.19. The SMILES string of the molecule is Nc1nc(C2CC=CS2)nc2c1C(c1cccs1)CS2. The summed E-state index contributed by atoms with van der Waals surface area (Å²) in [7, 11) is 0. The summed E-state index contributed by atoms with van der Waals surface area (Å²) in [6.07, 6.45) is 3.17. The first-order valence-corrected chi connectivity index (χ1v) is 9.27. The first-order chi connectivity index (χ1) is 9.83. The van der Waals surface area contributed by atoms with Crippen LogP contribution >= 0.6 is 34.9 Å². The molecule has 2 aliphatic heterocycles. The van der Waals surface area contributed by atoms with Gasteiger partial charge in [0.25, 0.3) is 0 Å². The van der Waals surface area contributed by atoms with Crippen molar-refractivity contribution < 1.29 is 0 Å². The van der Waals surface area contributed by atoms with Crippen LogP contribution in [0.15, 0.2) is 34.0 Å². The van der Waals surface area contributed by atoms with Gasteiger partial charge in [0.05, 0.1) is 5.25 Å². The number of nitrogen functional groups attached to an aromatic ring is 1. The molecule has 0 bridgehead atoms. The molecular formula is C14H13N3S3. The average molecular weight is 319 g/mol. The molecule has 4 rings (SSSR count). The van der Waals surface area contributed by atoms with Gasteiger partial charge in [-0.2, -0.15) is 0 Å². The lowest BCUT2D eigenvalue weighted by molar-refractivity contribution is 0.813. The molecule has 0 aliphatic carbocycles. The summed E-state index contributed by atoms with van der Waals surface area (Å²) in [6.45, 7) is 0. The molecule has 0 fully saturated rings. The lowest BCUT2D eigenvalue weighted by Gasteiger charge is -2.13. The third-order valence-corrected chi connectivity index (χ3v) is 6.71. The van der Waals surface area contributed by atoms with Gasteiger partial charge in [-0.3, -0.25) is 0 Å². The van der Waals surface area contributed by atoms with Gasteiger partial charge in [-0.15, -0.1) is 34.9 Å². The number of hydrogen-bond acceptors (Lipinski definition) is 6. The lowest BCUT2D eigenvalue weighted by atomic mass is 10.0. The number of hydrogen-bond donors (Lipinski definition) is 1. The number of thiophene rings is 1. The van der Waals surface area contributed by atoms with Crippen LogP contribution in [0.5, 0.6) is 0 Å². The van der Waals surface area contributed by atoms with E-state index in [1.165, 1.54) is 4.88 Å². The highest BCUT2D eigenvalue weighted by Gasteiger charge is 2.31. The molecule has 6 heteroatoms. The van der Waals surface area contributed by atoms with Gasteiger partial charge in [0.15, 0.2) is 0 Å². The Bertz CT molecular complexity index is 659. The van der Waals surface area contributed by atoms with Crippen molar-refractivity contribution in [1.82, 2.24) is 9.97 Å². The third kappa shape index (κ3) is 2.06. The highest BCUT2D eigenvalue weighted by atomic mass is 32.2. The van der Waals surface area contributed by atoms with Crippen LogP contribution in [0.3, 0.4) is 0 Å². The summed E-state index contributed by atoms with van der Waals surface area (Å²) in [5, 5.41) is 5.66. The number of rotatable bonds is 2. The number of thioether (sulfide) groups is 2. The molecule has 0 radical (unpaired) electrons. The largest absolute Gasteiger partial charge is 0.383 e. The van der Waals surface area contributed by atoms with Gasteiger partial charge < -0.3 is 5.73 Å². The Morgan fingerprint density at radius 3 is 3.00 bits per heavy atom. The molecule has 2 aromatic rings. The van der Waals surface area contributed by atoms with Gasteiger partial charge in [0.2, 0.25) is 0 Å². The van der Waals surface area contributed by atoms with Gasteiger partial charge in [0, 0.05) is 22.1 Å². The van der Waals surface area contributed by atoms with E-state index in [0.717, 1.165) is 28.6 Å². The molecule has 2 aliphatic rings. The monoisotopic (exact) mass is 319 g/mol. The van der Waals surface area contributed by atoms with E-state index in [2.05, 4.69) is 34.0 Å². The molecule has 102 valence electrons. The minimum atomic E-state index is 0.337. The van der Waals surface area contributed by atoms with Crippen molar-refractivity contribution in [3.63, 3.8) is 0 Å². The molecular weight excluding hydrogens is 306 g/mol. The molecule has 0 saturated carbocycles. The Morgan fingerprint density at radius 1 is 1.30 bits per heavy atom. The molecule has 2 atom stereocenters. The second kappa shape index (κ2) is 5.09. The second-order valence-corrected chi connectivity index (χ2v) is 7.90. The van der Waals surface area contributed by atoms with Crippen molar-refractivity contribution in [3.8, 4) is 0 Å². The lowest BCUT2D eigenvalue weighted by Crippen LogP contribution is -2.08. The Kier molecular flexibility index (Phi) is 3.24. The van der Waals surface area contributed by atoms with Crippen LogP contribution in [0.4, 0.5) is 5.82 Å². The van der Waals surface area contributed by atoms with Gasteiger partial charge in [-0.1, -0.05) is 12.1 Å². The highest BCUT2D eigenvalue weighted by molar-refractivity contribution is 8.02. The fraction of sp³-hybridized carbons (Fsp3) is 0.286. The fourth-order valence-corrected chi connectivity index (χ4v) is 5.61. The summed E-state index contributed by atoms with van der Waals surface area (Å²) in [4.78, 5) is 10.7. The molecule has 0 spiro atoms. The van der Waals surface area contributed by atoms with Gasteiger partial charge >= 0.3 is 0 Å². The third-order valence-electron chi connectivity index (χ3n) is 3.56. The van der Waals surface area contributed by atoms with E-state index in [1.54, 1.807) is 23.1 Å². The number of anilines is 1. The predicted molar refractivity (Wildman–Crippen MR) is 87.4 cm³/mol. The van der Waals surface area contributed by atoms with E-state index in [9.17, 15) is 0 Å². The van der Waals surface area contributed by atoms with Crippen LogP contribution < -0.4 is 5.73 Å². The molecule has 20 heavy (non-hydrogen) atoms. The number of nitrogens with two attached hydrogens (primary N) is 1. The highest BCUT2D eigenvalue weighted by Crippen LogP contribution is 2.47. The summed E-state index contributed by atoms with van der Waals surface area (Å²) in [5.74, 6) is 2.93. The van der Waals surface area contributed by atoms with Gasteiger partial charge in [0.1, 0.15) is 16.7 Å². The zero-order chi connectivity index (χ0) is 13.5. The maximum atomic E-state index is 6.25. The van der Waals surface area contributed by atoms with E-state index in [-0.39, 0.29) is 0 Å². The smallest absolute Gasteiger partial charge is 0.145 e. The first kappa shape index (κ1) is 12.7. The minimum absolute atomic E-state index is 0.337. The molecule has 2 N–H and O–H groups in total. The maximum Gasteiger partial charge on any atom is 0.145 e. The van der Waals surface area contributed by atoms with Crippen molar-refractivity contribution in [2.45, 2.75) is 22.6 Å². The van der Waals surface area contributed by atoms with Crippen LogP contribution in [-0.4, -0.2) is 15.7 Å². The zero-order valence-corrected chi connectivity index (χ0v) is 13.1. The molecule has 0 amide bonds. The van der Waals surface area contributed by atoms with Crippen molar-refractivity contribution >= 4 is 40.7 Å². The standard InChI is InChI=1S/C14H13N3S3/c15-12-11-8(9-3-1-5-18-9)7-20-14(11)17-13(16-12)10-4-2-6-19-10/h1-3,5-6,8,10H,4,7H2,(H2,15,16,17). The predicted octanol–water partition coefficient (Wildman–Crippen LogP) is 4.05. The fourth-order valence-electron chi connectivity index (χ4n) is 2.57. The maximum absolute atomic E-state index is 6.25. The zero-order valence-electron chi connectivity index (χ0n) is 10.7. The van der Waals surface area contributed by atoms with Crippen molar-refractivity contribution in [2.24, 2.45) is 0 Å². The van der Waals surface area contributed by atoms with E-state index in [4.69, 9.17) is 10.7 Å². The Morgan fingerprint density at radius 2 is 2.25 bits per heavy atom. The Balaban J connectivity index is 1.74. The summed E-state index contributed by atoms with van der Waals surface area (Å²) in [6, 6.07) is 4.27. The summed E-state index contributed by atoms with van der Waals surface area (Å²) in [5.41, 5.74) is 7.38. The minimum Gasteiger partial charge on any atom is -0.383 e. The quantitative estimate of drug-likeness (QED) is 0.846. The summed E-state index contributed by atoms with van der Waals surface area (Å²) < 4.78 is 0. The molecule has 2 aromatic heterocycles. The second-order valence-electron chi connectivity index (χ2n) is 4.80. The van der Waals surface area contributed by atoms with Crippen LogP contribution in [0, 0.1) is 0 Å². The van der Waals surface area contributed by atoms with E-state index in [1.807, 2.05) is 11.8 Å². The van der Waals surface area contributed by atoms with Gasteiger partial charge in [-0.25, -0.2) is 9.97 Å². The van der Waals surface area contributed by atoms with Crippen molar-refractivity contribution in [1.29, 1.82) is 0 Å².